The highest BCUT2D eigenvalue weighted by atomic mass is 32.2. The van der Waals surface area contributed by atoms with Gasteiger partial charge in [-0.25, -0.2) is 8.42 Å². The third-order valence-electron chi connectivity index (χ3n) is 3.51. The van der Waals surface area contributed by atoms with E-state index in [-0.39, 0.29) is 6.04 Å². The minimum atomic E-state index is -3.16. The van der Waals surface area contributed by atoms with Crippen molar-refractivity contribution in [2.45, 2.75) is 24.3 Å². The van der Waals surface area contributed by atoms with Gasteiger partial charge < -0.3 is 10.1 Å². The molecule has 1 fully saturated rings. The van der Waals surface area contributed by atoms with E-state index in [1.807, 2.05) is 12.1 Å². The molecule has 0 aromatic heterocycles. The van der Waals surface area contributed by atoms with Crippen LogP contribution in [-0.4, -0.2) is 34.4 Å². The van der Waals surface area contributed by atoms with E-state index >= 15 is 0 Å². The summed E-state index contributed by atoms with van der Waals surface area (Å²) in [6, 6.07) is 7.38. The smallest absolute Gasteiger partial charge is 0.175 e. The fourth-order valence-corrected chi connectivity index (χ4v) is 3.21. The van der Waals surface area contributed by atoms with Crippen molar-refractivity contribution in [3.05, 3.63) is 29.8 Å². The molecule has 1 aliphatic rings. The van der Waals surface area contributed by atoms with Gasteiger partial charge in [-0.3, -0.25) is 0 Å². The Morgan fingerprint density at radius 3 is 2.84 bits per heavy atom. The highest BCUT2D eigenvalue weighted by Gasteiger charge is 2.26. The lowest BCUT2D eigenvalue weighted by Gasteiger charge is -2.24. The second-order valence-electron chi connectivity index (χ2n) is 5.00. The molecule has 0 spiro atoms. The summed E-state index contributed by atoms with van der Waals surface area (Å²) >= 11 is 0. The SMILES string of the molecule is CCNC(c1cccc(S(C)(=O)=O)c1)C1CCOC1. The van der Waals surface area contributed by atoms with Gasteiger partial charge in [0.1, 0.15) is 0 Å². The van der Waals surface area contributed by atoms with Gasteiger partial charge in [-0.1, -0.05) is 19.1 Å². The maximum atomic E-state index is 11.6. The van der Waals surface area contributed by atoms with Crippen molar-refractivity contribution in [1.29, 1.82) is 0 Å². The van der Waals surface area contributed by atoms with E-state index < -0.39 is 9.84 Å². The van der Waals surface area contributed by atoms with Crippen molar-refractivity contribution in [3.63, 3.8) is 0 Å². The molecule has 0 aliphatic carbocycles. The zero-order valence-electron chi connectivity index (χ0n) is 11.4. The lowest BCUT2D eigenvalue weighted by Crippen LogP contribution is -2.28. The van der Waals surface area contributed by atoms with Crippen molar-refractivity contribution >= 4 is 9.84 Å². The Morgan fingerprint density at radius 1 is 1.47 bits per heavy atom. The number of sulfone groups is 1. The van der Waals surface area contributed by atoms with Gasteiger partial charge in [0.25, 0.3) is 0 Å². The van der Waals surface area contributed by atoms with Crippen molar-refractivity contribution < 1.29 is 13.2 Å². The summed E-state index contributed by atoms with van der Waals surface area (Å²) < 4.78 is 28.7. The molecule has 1 aromatic rings. The Labute approximate surface area is 115 Å². The molecule has 4 nitrogen and oxygen atoms in total. The largest absolute Gasteiger partial charge is 0.381 e. The number of hydrogen-bond acceptors (Lipinski definition) is 4. The van der Waals surface area contributed by atoms with Gasteiger partial charge in [0.05, 0.1) is 11.5 Å². The fourth-order valence-electron chi connectivity index (χ4n) is 2.53. The van der Waals surface area contributed by atoms with Crippen LogP contribution in [-0.2, 0) is 14.6 Å². The van der Waals surface area contributed by atoms with E-state index in [4.69, 9.17) is 4.74 Å². The number of hydrogen-bond donors (Lipinski definition) is 1. The van der Waals surface area contributed by atoms with Crippen LogP contribution in [0.5, 0.6) is 0 Å². The van der Waals surface area contributed by atoms with Crippen molar-refractivity contribution in [2.75, 3.05) is 26.0 Å². The van der Waals surface area contributed by atoms with Crippen LogP contribution in [0.25, 0.3) is 0 Å². The van der Waals surface area contributed by atoms with Crippen LogP contribution in [0.2, 0.25) is 0 Å². The summed E-state index contributed by atoms with van der Waals surface area (Å²) in [5.74, 6) is 0.412. The normalized spacial score (nSPS) is 21.5. The summed E-state index contributed by atoms with van der Waals surface area (Å²) in [6.45, 7) is 4.44. The molecule has 0 radical (unpaired) electrons. The van der Waals surface area contributed by atoms with Crippen LogP contribution in [0, 0.1) is 5.92 Å². The minimum Gasteiger partial charge on any atom is -0.381 e. The van der Waals surface area contributed by atoms with E-state index in [1.54, 1.807) is 12.1 Å². The summed E-state index contributed by atoms with van der Waals surface area (Å²) in [6.07, 6.45) is 2.26. The maximum absolute atomic E-state index is 11.6. The predicted octanol–water partition coefficient (Wildman–Crippen LogP) is 1.78. The summed E-state index contributed by atoms with van der Waals surface area (Å²) in [7, 11) is -3.16. The zero-order valence-corrected chi connectivity index (χ0v) is 12.2. The molecule has 1 aromatic carbocycles. The Balaban J connectivity index is 2.31. The van der Waals surface area contributed by atoms with Gasteiger partial charge in [0, 0.05) is 24.8 Å². The molecule has 1 N–H and O–H groups in total. The molecule has 2 unspecified atom stereocenters. The van der Waals surface area contributed by atoms with Crippen LogP contribution < -0.4 is 5.32 Å². The first kappa shape index (κ1) is 14.5. The van der Waals surface area contributed by atoms with Gasteiger partial charge in [-0.2, -0.15) is 0 Å². The van der Waals surface area contributed by atoms with Crippen molar-refractivity contribution in [1.82, 2.24) is 5.32 Å². The van der Waals surface area contributed by atoms with Gasteiger partial charge in [-0.05, 0) is 30.7 Å². The highest BCUT2D eigenvalue weighted by Crippen LogP contribution is 2.29. The van der Waals surface area contributed by atoms with E-state index in [0.717, 1.165) is 31.7 Å². The zero-order chi connectivity index (χ0) is 13.9. The van der Waals surface area contributed by atoms with E-state index in [9.17, 15) is 8.42 Å². The molecule has 0 saturated carbocycles. The first-order valence-electron chi connectivity index (χ1n) is 6.63. The van der Waals surface area contributed by atoms with Gasteiger partial charge >= 0.3 is 0 Å². The quantitative estimate of drug-likeness (QED) is 0.895. The van der Waals surface area contributed by atoms with Crippen LogP contribution >= 0.6 is 0 Å². The molecule has 1 aliphatic heterocycles. The Morgan fingerprint density at radius 2 is 2.26 bits per heavy atom. The number of nitrogens with one attached hydrogen (secondary N) is 1. The Bertz CT molecular complexity index is 521. The van der Waals surface area contributed by atoms with Crippen molar-refractivity contribution in [3.8, 4) is 0 Å². The average Bonchev–Trinajstić information content (AvgIpc) is 2.88. The monoisotopic (exact) mass is 283 g/mol. The minimum absolute atomic E-state index is 0.161. The van der Waals surface area contributed by atoms with E-state index in [0.29, 0.717) is 10.8 Å². The van der Waals surface area contributed by atoms with Crippen LogP contribution in [0.15, 0.2) is 29.2 Å². The third-order valence-corrected chi connectivity index (χ3v) is 4.62. The number of ether oxygens (including phenoxy) is 1. The molecule has 2 atom stereocenters. The van der Waals surface area contributed by atoms with Crippen LogP contribution in [0.4, 0.5) is 0 Å². The number of rotatable bonds is 5. The molecular formula is C14H21NO3S. The molecule has 1 heterocycles. The third kappa shape index (κ3) is 3.55. The second kappa shape index (κ2) is 6.03. The van der Waals surface area contributed by atoms with E-state index in [2.05, 4.69) is 12.2 Å². The summed E-state index contributed by atoms with van der Waals surface area (Å²) in [5.41, 5.74) is 1.03. The average molecular weight is 283 g/mol. The molecule has 106 valence electrons. The molecule has 0 bridgehead atoms. The standard InChI is InChI=1S/C14H21NO3S/c1-3-15-14(12-7-8-18-10-12)11-5-4-6-13(9-11)19(2,16)17/h4-6,9,12,14-15H,3,7-8,10H2,1-2H3. The first-order valence-corrected chi connectivity index (χ1v) is 8.52. The molecule has 0 amide bonds. The van der Waals surface area contributed by atoms with Crippen LogP contribution in [0.3, 0.4) is 0 Å². The molecule has 1 saturated heterocycles. The lowest BCUT2D eigenvalue weighted by molar-refractivity contribution is 0.177. The number of benzene rings is 1. The molecule has 2 rings (SSSR count). The van der Waals surface area contributed by atoms with E-state index in [1.165, 1.54) is 6.26 Å². The summed E-state index contributed by atoms with van der Waals surface area (Å²) in [5, 5.41) is 3.44. The highest BCUT2D eigenvalue weighted by molar-refractivity contribution is 7.90. The maximum Gasteiger partial charge on any atom is 0.175 e. The molecule has 5 heteroatoms. The summed E-state index contributed by atoms with van der Waals surface area (Å²) in [4.78, 5) is 0.381. The fraction of sp³-hybridized carbons (Fsp3) is 0.571. The predicted molar refractivity (Wildman–Crippen MR) is 74.9 cm³/mol. The molecule has 19 heavy (non-hydrogen) atoms. The Hall–Kier alpha value is -0.910. The molecular weight excluding hydrogens is 262 g/mol. The van der Waals surface area contributed by atoms with Gasteiger partial charge in [0.15, 0.2) is 9.84 Å². The van der Waals surface area contributed by atoms with Crippen molar-refractivity contribution in [2.24, 2.45) is 5.92 Å². The topological polar surface area (TPSA) is 55.4 Å². The Kier molecular flexibility index (Phi) is 4.60. The van der Waals surface area contributed by atoms with Crippen LogP contribution in [0.1, 0.15) is 24.9 Å². The lowest BCUT2D eigenvalue weighted by atomic mass is 9.92. The van der Waals surface area contributed by atoms with Gasteiger partial charge in [-0.15, -0.1) is 0 Å². The second-order valence-corrected chi connectivity index (χ2v) is 7.02. The van der Waals surface area contributed by atoms with Gasteiger partial charge in [0.2, 0.25) is 0 Å². The first-order chi connectivity index (χ1) is 9.02.